The van der Waals surface area contributed by atoms with Crippen molar-refractivity contribution in [3.8, 4) is 0 Å². The summed E-state index contributed by atoms with van der Waals surface area (Å²) in [5, 5.41) is 3.39. The van der Waals surface area contributed by atoms with Gasteiger partial charge in [-0.1, -0.05) is 13.8 Å². The molecular formula is C12H26N2O. The van der Waals surface area contributed by atoms with E-state index in [2.05, 4.69) is 24.1 Å². The van der Waals surface area contributed by atoms with Gasteiger partial charge in [0.25, 0.3) is 0 Å². The summed E-state index contributed by atoms with van der Waals surface area (Å²) in [7, 11) is 0. The molecule has 0 aromatic heterocycles. The third-order valence-corrected chi connectivity index (χ3v) is 3.21. The highest BCUT2D eigenvalue weighted by molar-refractivity contribution is 4.95. The van der Waals surface area contributed by atoms with Crippen LogP contribution >= 0.6 is 0 Å². The molecule has 2 aliphatic rings. The van der Waals surface area contributed by atoms with E-state index in [1.807, 2.05) is 13.8 Å². The molecule has 2 saturated heterocycles. The zero-order valence-electron chi connectivity index (χ0n) is 10.7. The van der Waals surface area contributed by atoms with Crippen molar-refractivity contribution in [2.24, 2.45) is 0 Å². The van der Waals surface area contributed by atoms with E-state index >= 15 is 0 Å². The van der Waals surface area contributed by atoms with Crippen LogP contribution in [0.3, 0.4) is 0 Å². The largest absolute Gasteiger partial charge is 0.371 e. The molecule has 2 aliphatic heterocycles. The Morgan fingerprint density at radius 1 is 1.33 bits per heavy atom. The van der Waals surface area contributed by atoms with Crippen LogP contribution in [0.25, 0.3) is 0 Å². The maximum absolute atomic E-state index is 5.90. The third-order valence-electron chi connectivity index (χ3n) is 3.21. The van der Waals surface area contributed by atoms with Crippen LogP contribution in [-0.2, 0) is 4.74 Å². The number of nitrogens with one attached hydrogen (secondary N) is 1. The first-order valence-corrected chi connectivity index (χ1v) is 6.31. The molecule has 0 aliphatic carbocycles. The van der Waals surface area contributed by atoms with Crippen LogP contribution in [0.2, 0.25) is 0 Å². The fraction of sp³-hybridized carbons (Fsp3) is 1.00. The molecule has 90 valence electrons. The van der Waals surface area contributed by atoms with E-state index in [4.69, 9.17) is 4.74 Å². The number of hydrogen-bond donors (Lipinski definition) is 1. The van der Waals surface area contributed by atoms with Crippen LogP contribution < -0.4 is 5.32 Å². The zero-order chi connectivity index (χ0) is 11.3. The molecule has 0 saturated carbocycles. The third kappa shape index (κ3) is 3.16. The average molecular weight is 214 g/mol. The molecule has 3 nitrogen and oxygen atoms in total. The van der Waals surface area contributed by atoms with E-state index in [1.165, 1.54) is 6.42 Å². The number of morpholine rings is 1. The molecule has 0 bridgehead atoms. The molecule has 1 unspecified atom stereocenters. The van der Waals surface area contributed by atoms with Gasteiger partial charge in [0.15, 0.2) is 0 Å². The maximum Gasteiger partial charge on any atom is 0.0945 e. The molecule has 2 fully saturated rings. The van der Waals surface area contributed by atoms with E-state index in [-0.39, 0.29) is 5.60 Å². The Balaban J connectivity index is 0.000000531. The Morgan fingerprint density at radius 3 is 2.60 bits per heavy atom. The zero-order valence-corrected chi connectivity index (χ0v) is 10.7. The predicted octanol–water partition coefficient (Wildman–Crippen LogP) is 1.49. The van der Waals surface area contributed by atoms with E-state index < -0.39 is 0 Å². The first-order chi connectivity index (χ1) is 7.22. The van der Waals surface area contributed by atoms with Gasteiger partial charge in [-0.05, 0) is 26.8 Å². The van der Waals surface area contributed by atoms with Crippen LogP contribution in [0.5, 0.6) is 0 Å². The second-order valence-corrected chi connectivity index (χ2v) is 4.52. The lowest BCUT2D eigenvalue weighted by Gasteiger charge is -2.41. The number of ether oxygens (including phenoxy) is 1. The van der Waals surface area contributed by atoms with Crippen LogP contribution in [0, 0.1) is 0 Å². The summed E-state index contributed by atoms with van der Waals surface area (Å²) in [6.07, 6.45) is 1.18. The van der Waals surface area contributed by atoms with Gasteiger partial charge in [0.1, 0.15) is 0 Å². The topological polar surface area (TPSA) is 24.5 Å². The van der Waals surface area contributed by atoms with Gasteiger partial charge in [0.05, 0.1) is 12.2 Å². The van der Waals surface area contributed by atoms with Gasteiger partial charge >= 0.3 is 0 Å². The molecule has 2 rings (SSSR count). The summed E-state index contributed by atoms with van der Waals surface area (Å²) in [4.78, 5) is 2.52. The summed E-state index contributed by atoms with van der Waals surface area (Å²) < 4.78 is 5.90. The minimum Gasteiger partial charge on any atom is -0.371 e. The lowest BCUT2D eigenvalue weighted by atomic mass is 10.00. The van der Waals surface area contributed by atoms with Crippen LogP contribution in [-0.4, -0.2) is 49.3 Å². The molecule has 1 atom stereocenters. The second kappa shape index (κ2) is 5.83. The van der Waals surface area contributed by atoms with Crippen molar-refractivity contribution in [1.82, 2.24) is 10.2 Å². The van der Waals surface area contributed by atoms with Gasteiger partial charge in [0.2, 0.25) is 0 Å². The van der Waals surface area contributed by atoms with Gasteiger partial charge in [-0.15, -0.1) is 0 Å². The minimum atomic E-state index is 0.141. The SMILES string of the molecule is CC.CC(C)N1CCOC2(CCNC2)C1. The van der Waals surface area contributed by atoms with Gasteiger partial charge in [-0.2, -0.15) is 0 Å². The van der Waals surface area contributed by atoms with Crippen molar-refractivity contribution >= 4 is 0 Å². The highest BCUT2D eigenvalue weighted by Crippen LogP contribution is 2.25. The van der Waals surface area contributed by atoms with Crippen molar-refractivity contribution in [2.75, 3.05) is 32.8 Å². The van der Waals surface area contributed by atoms with Crippen LogP contribution in [0.4, 0.5) is 0 Å². The lowest BCUT2D eigenvalue weighted by molar-refractivity contribution is -0.103. The van der Waals surface area contributed by atoms with Crippen LogP contribution in [0.15, 0.2) is 0 Å². The molecule has 3 heteroatoms. The maximum atomic E-state index is 5.90. The van der Waals surface area contributed by atoms with E-state index in [9.17, 15) is 0 Å². The van der Waals surface area contributed by atoms with Crippen molar-refractivity contribution in [3.05, 3.63) is 0 Å². The van der Waals surface area contributed by atoms with E-state index in [0.29, 0.717) is 6.04 Å². The summed E-state index contributed by atoms with van der Waals surface area (Å²) >= 11 is 0. The van der Waals surface area contributed by atoms with Crippen molar-refractivity contribution in [3.63, 3.8) is 0 Å². The highest BCUT2D eigenvalue weighted by atomic mass is 16.5. The molecular weight excluding hydrogens is 188 g/mol. The highest BCUT2D eigenvalue weighted by Gasteiger charge is 2.39. The molecule has 0 radical (unpaired) electrons. The Labute approximate surface area is 94.2 Å². The Morgan fingerprint density at radius 2 is 2.07 bits per heavy atom. The van der Waals surface area contributed by atoms with Crippen LogP contribution in [0.1, 0.15) is 34.1 Å². The Hall–Kier alpha value is -0.120. The summed E-state index contributed by atoms with van der Waals surface area (Å²) in [6.45, 7) is 13.8. The molecule has 0 aromatic rings. The van der Waals surface area contributed by atoms with Gasteiger partial charge in [-0.3, -0.25) is 4.90 Å². The van der Waals surface area contributed by atoms with Crippen molar-refractivity contribution < 1.29 is 4.74 Å². The summed E-state index contributed by atoms with van der Waals surface area (Å²) in [5.74, 6) is 0. The van der Waals surface area contributed by atoms with Gasteiger partial charge in [0, 0.05) is 25.7 Å². The first kappa shape index (κ1) is 12.9. The fourth-order valence-corrected chi connectivity index (χ4v) is 2.29. The second-order valence-electron chi connectivity index (χ2n) is 4.52. The summed E-state index contributed by atoms with van der Waals surface area (Å²) in [6, 6.07) is 0.654. The van der Waals surface area contributed by atoms with Crippen molar-refractivity contribution in [2.45, 2.75) is 45.8 Å². The molecule has 1 spiro atoms. The average Bonchev–Trinajstić information content (AvgIpc) is 2.69. The number of rotatable bonds is 1. The quantitative estimate of drug-likeness (QED) is 0.715. The normalized spacial score (nSPS) is 31.8. The minimum absolute atomic E-state index is 0.141. The number of hydrogen-bond acceptors (Lipinski definition) is 3. The summed E-state index contributed by atoms with van der Waals surface area (Å²) in [5.41, 5.74) is 0.141. The molecule has 0 amide bonds. The predicted molar refractivity (Wildman–Crippen MR) is 64.2 cm³/mol. The Bertz CT molecular complexity index is 176. The van der Waals surface area contributed by atoms with E-state index in [1.54, 1.807) is 0 Å². The number of nitrogens with zero attached hydrogens (tertiary/aromatic N) is 1. The molecule has 0 aromatic carbocycles. The van der Waals surface area contributed by atoms with Crippen molar-refractivity contribution in [1.29, 1.82) is 0 Å². The smallest absolute Gasteiger partial charge is 0.0945 e. The van der Waals surface area contributed by atoms with Gasteiger partial charge < -0.3 is 10.1 Å². The van der Waals surface area contributed by atoms with Gasteiger partial charge in [-0.25, -0.2) is 0 Å². The standard InChI is InChI=1S/C10H20N2O.C2H6/c1-9(2)12-5-6-13-10(8-12)3-4-11-7-10;1-2/h9,11H,3-8H2,1-2H3;1-2H3. The molecule has 1 N–H and O–H groups in total. The fourth-order valence-electron chi connectivity index (χ4n) is 2.29. The van der Waals surface area contributed by atoms with E-state index in [0.717, 1.165) is 32.8 Å². The first-order valence-electron chi connectivity index (χ1n) is 6.31. The lowest BCUT2D eigenvalue weighted by Crippen LogP contribution is -2.54. The Kier molecular flexibility index (Phi) is 5.03. The molecule has 15 heavy (non-hydrogen) atoms. The molecule has 2 heterocycles. The monoisotopic (exact) mass is 214 g/mol.